The van der Waals surface area contributed by atoms with Gasteiger partial charge in [-0.3, -0.25) is 9.59 Å². The Hall–Kier alpha value is -3.53. The summed E-state index contributed by atoms with van der Waals surface area (Å²) in [6, 6.07) is 20.1. The molecule has 2 aliphatic heterocycles. The fourth-order valence-electron chi connectivity index (χ4n) is 6.06. The highest BCUT2D eigenvalue weighted by molar-refractivity contribution is 7.91. The van der Waals surface area contributed by atoms with Crippen molar-refractivity contribution in [1.82, 2.24) is 4.31 Å². The molecule has 3 aromatic carbocycles. The lowest BCUT2D eigenvalue weighted by molar-refractivity contribution is -0.122. The van der Waals surface area contributed by atoms with Gasteiger partial charge in [0.05, 0.1) is 18.8 Å². The number of thiophene rings is 1. The van der Waals surface area contributed by atoms with Crippen LogP contribution >= 0.6 is 11.3 Å². The molecule has 7 nitrogen and oxygen atoms in total. The molecule has 1 atom stereocenters. The fraction of sp³-hybridized carbons (Fsp3) is 0.312. The molecule has 9 heteroatoms. The number of ether oxygens (including phenoxy) is 1. The summed E-state index contributed by atoms with van der Waals surface area (Å²) in [6.07, 6.45) is 3.84. The minimum absolute atomic E-state index is 0.0238. The van der Waals surface area contributed by atoms with Crippen molar-refractivity contribution in [3.8, 4) is 5.75 Å². The third-order valence-corrected chi connectivity index (χ3v) is 11.4. The number of piperidine rings is 1. The number of benzene rings is 3. The number of carbonyl (C=O) groups excluding carboxylic acids is 2. The van der Waals surface area contributed by atoms with Crippen molar-refractivity contribution in [2.75, 3.05) is 25.1 Å². The van der Waals surface area contributed by atoms with E-state index in [-0.39, 0.29) is 22.3 Å². The summed E-state index contributed by atoms with van der Waals surface area (Å²) in [4.78, 5) is 28.9. The summed E-state index contributed by atoms with van der Waals surface area (Å²) in [7, 11) is -2.08. The number of aryl methyl sites for hydroxylation is 1. The minimum atomic E-state index is -3.72. The van der Waals surface area contributed by atoms with Crippen molar-refractivity contribution < 1.29 is 22.7 Å². The molecular formula is C32H32N2O5S2. The van der Waals surface area contributed by atoms with Crippen LogP contribution in [0.4, 0.5) is 5.69 Å². The van der Waals surface area contributed by atoms with Gasteiger partial charge in [0.15, 0.2) is 5.78 Å². The molecular weight excluding hydrogens is 556 g/mol. The number of rotatable bonds is 10. The SMILES string of the molecule is COc1ccc(CCCN2C(=O)c3cccc4c(CC(=O)C5CCCCN5S(=O)(=O)c5cccs5)ccc2c34)cc1. The first kappa shape index (κ1) is 27.6. The molecule has 2 aliphatic rings. The second-order valence-electron chi connectivity index (χ2n) is 10.6. The van der Waals surface area contributed by atoms with Crippen LogP contribution in [0.3, 0.4) is 0 Å². The van der Waals surface area contributed by atoms with Gasteiger partial charge in [0.2, 0.25) is 0 Å². The maximum absolute atomic E-state index is 13.7. The van der Waals surface area contributed by atoms with E-state index in [2.05, 4.69) is 0 Å². The third kappa shape index (κ3) is 5.18. The highest BCUT2D eigenvalue weighted by Gasteiger charge is 2.38. The Bertz CT molecular complexity index is 1700. The lowest BCUT2D eigenvalue weighted by atomic mass is 9.93. The predicted octanol–water partition coefficient (Wildman–Crippen LogP) is 5.86. The van der Waals surface area contributed by atoms with Crippen LogP contribution in [0.25, 0.3) is 10.8 Å². The van der Waals surface area contributed by atoms with Gasteiger partial charge < -0.3 is 9.64 Å². The maximum atomic E-state index is 13.7. The smallest absolute Gasteiger partial charge is 0.258 e. The number of methoxy groups -OCH3 is 1. The minimum Gasteiger partial charge on any atom is -0.497 e. The molecule has 0 spiro atoms. The average molecular weight is 589 g/mol. The second kappa shape index (κ2) is 11.4. The summed E-state index contributed by atoms with van der Waals surface area (Å²) in [5.41, 5.74) is 3.52. The molecule has 0 aliphatic carbocycles. The van der Waals surface area contributed by atoms with E-state index in [1.54, 1.807) is 24.6 Å². The van der Waals surface area contributed by atoms with Crippen LogP contribution in [-0.2, 0) is 27.7 Å². The highest BCUT2D eigenvalue weighted by atomic mass is 32.2. The van der Waals surface area contributed by atoms with E-state index in [1.165, 1.54) is 21.2 Å². The Labute approximate surface area is 244 Å². The van der Waals surface area contributed by atoms with Crippen molar-refractivity contribution in [1.29, 1.82) is 0 Å². The van der Waals surface area contributed by atoms with Gasteiger partial charge in [-0.1, -0.05) is 42.8 Å². The summed E-state index contributed by atoms with van der Waals surface area (Å²) in [6.45, 7) is 0.936. The number of ketones is 1. The zero-order valence-electron chi connectivity index (χ0n) is 22.9. The van der Waals surface area contributed by atoms with E-state index in [0.717, 1.165) is 53.5 Å². The summed E-state index contributed by atoms with van der Waals surface area (Å²) < 4.78 is 33.6. The molecule has 0 saturated carbocycles. The molecule has 0 bridgehead atoms. The van der Waals surface area contributed by atoms with Crippen LogP contribution in [0.2, 0.25) is 0 Å². The first-order chi connectivity index (χ1) is 19.9. The van der Waals surface area contributed by atoms with Crippen molar-refractivity contribution in [3.05, 3.63) is 88.8 Å². The lowest BCUT2D eigenvalue weighted by Crippen LogP contribution is -2.48. The predicted molar refractivity (Wildman–Crippen MR) is 162 cm³/mol. The van der Waals surface area contributed by atoms with Crippen molar-refractivity contribution in [2.45, 2.75) is 48.8 Å². The van der Waals surface area contributed by atoms with Crippen LogP contribution in [0.15, 0.2) is 76.3 Å². The number of sulfonamides is 1. The third-order valence-electron chi connectivity index (χ3n) is 8.13. The molecule has 3 heterocycles. The van der Waals surface area contributed by atoms with E-state index >= 15 is 0 Å². The monoisotopic (exact) mass is 588 g/mol. The number of amides is 1. The van der Waals surface area contributed by atoms with Crippen LogP contribution in [0.5, 0.6) is 5.75 Å². The van der Waals surface area contributed by atoms with Crippen molar-refractivity contribution >= 4 is 49.5 Å². The van der Waals surface area contributed by atoms with Gasteiger partial charge in [0.25, 0.3) is 15.9 Å². The number of Topliss-reactive ketones (excluding diaryl/α,β-unsaturated/α-hetero) is 1. The van der Waals surface area contributed by atoms with Gasteiger partial charge in [-0.05, 0) is 77.9 Å². The molecule has 212 valence electrons. The summed E-state index contributed by atoms with van der Waals surface area (Å²) >= 11 is 1.18. The van der Waals surface area contributed by atoms with Crippen LogP contribution in [0, 0.1) is 0 Å². The Morgan fingerprint density at radius 1 is 1.02 bits per heavy atom. The molecule has 0 N–H and O–H groups in total. The van der Waals surface area contributed by atoms with Gasteiger partial charge in [-0.15, -0.1) is 11.3 Å². The van der Waals surface area contributed by atoms with Crippen molar-refractivity contribution in [2.24, 2.45) is 0 Å². The molecule has 1 aromatic heterocycles. The first-order valence-corrected chi connectivity index (χ1v) is 16.3. The van der Waals surface area contributed by atoms with Gasteiger partial charge in [-0.25, -0.2) is 8.42 Å². The first-order valence-electron chi connectivity index (χ1n) is 14.0. The molecule has 1 unspecified atom stereocenters. The number of hydrogen-bond acceptors (Lipinski definition) is 6. The quantitative estimate of drug-likeness (QED) is 0.232. The molecule has 1 saturated heterocycles. The van der Waals surface area contributed by atoms with E-state index in [4.69, 9.17) is 4.74 Å². The molecule has 4 aromatic rings. The van der Waals surface area contributed by atoms with Gasteiger partial charge >= 0.3 is 0 Å². The zero-order valence-corrected chi connectivity index (χ0v) is 24.5. The van der Waals surface area contributed by atoms with Gasteiger partial charge in [0.1, 0.15) is 9.96 Å². The fourth-order valence-corrected chi connectivity index (χ4v) is 8.86. The zero-order chi connectivity index (χ0) is 28.6. The molecule has 41 heavy (non-hydrogen) atoms. The topological polar surface area (TPSA) is 84.0 Å². The Balaban J connectivity index is 1.22. The number of hydrogen-bond donors (Lipinski definition) is 0. The van der Waals surface area contributed by atoms with Gasteiger partial charge in [-0.2, -0.15) is 4.31 Å². The van der Waals surface area contributed by atoms with Crippen LogP contribution in [-0.4, -0.2) is 50.7 Å². The summed E-state index contributed by atoms with van der Waals surface area (Å²) in [5, 5.41) is 3.49. The van der Waals surface area contributed by atoms with Crippen molar-refractivity contribution in [3.63, 3.8) is 0 Å². The van der Waals surface area contributed by atoms with E-state index in [0.29, 0.717) is 25.1 Å². The Morgan fingerprint density at radius 2 is 1.85 bits per heavy atom. The van der Waals surface area contributed by atoms with E-state index < -0.39 is 16.1 Å². The average Bonchev–Trinajstić information content (AvgIpc) is 3.64. The number of carbonyl (C=O) groups is 2. The normalized spacial score (nSPS) is 17.3. The molecule has 6 rings (SSSR count). The van der Waals surface area contributed by atoms with E-state index in [1.807, 2.05) is 59.5 Å². The van der Waals surface area contributed by atoms with Crippen LogP contribution < -0.4 is 9.64 Å². The second-order valence-corrected chi connectivity index (χ2v) is 13.6. The summed E-state index contributed by atoms with van der Waals surface area (Å²) in [5.74, 6) is 0.690. The van der Waals surface area contributed by atoms with Gasteiger partial charge in [0, 0.05) is 30.5 Å². The highest BCUT2D eigenvalue weighted by Crippen LogP contribution is 2.39. The molecule has 1 fully saturated rings. The van der Waals surface area contributed by atoms with Crippen LogP contribution in [0.1, 0.15) is 47.2 Å². The Morgan fingerprint density at radius 3 is 2.61 bits per heavy atom. The molecule has 1 amide bonds. The lowest BCUT2D eigenvalue weighted by Gasteiger charge is -2.33. The standard InChI is InChI=1S/C32H32N2O5S2/c1-39-24-15-12-22(13-16-24)7-5-18-33-28-17-14-23(25-8-4-9-26(31(25)28)32(33)36)21-29(35)27-10-2-3-19-34(27)41(37,38)30-11-6-20-40-30/h4,6,8-9,11-17,20,27H,2-3,5,7,10,18-19,21H2,1H3. The number of nitrogens with zero attached hydrogens (tertiary/aromatic N) is 2. The van der Waals surface area contributed by atoms with E-state index in [9.17, 15) is 18.0 Å². The number of anilines is 1. The Kier molecular flexibility index (Phi) is 7.68. The maximum Gasteiger partial charge on any atom is 0.258 e. The molecule has 0 radical (unpaired) electrons. The largest absolute Gasteiger partial charge is 0.497 e.